The van der Waals surface area contributed by atoms with Crippen LogP contribution < -0.4 is 5.32 Å². The number of hydrogen-bond acceptors (Lipinski definition) is 5. The number of carbonyl (C=O) groups excluding carboxylic acids is 1. The van der Waals surface area contributed by atoms with Crippen molar-refractivity contribution in [3.63, 3.8) is 0 Å². The van der Waals surface area contributed by atoms with E-state index >= 15 is 0 Å². The van der Waals surface area contributed by atoms with E-state index in [0.29, 0.717) is 6.42 Å². The van der Waals surface area contributed by atoms with Gasteiger partial charge in [0.2, 0.25) is 5.91 Å². The molecule has 4 aromatic rings. The number of nitrogens with one attached hydrogen (secondary N) is 1. The molecule has 1 amide bonds. The molecule has 0 saturated carbocycles. The quantitative estimate of drug-likeness (QED) is 0.112. The fraction of sp³-hybridized carbons (Fsp3) is 0.242. The lowest BCUT2D eigenvalue weighted by Crippen LogP contribution is -2.31. The lowest BCUT2D eigenvalue weighted by atomic mass is 10.1. The van der Waals surface area contributed by atoms with Crippen molar-refractivity contribution in [1.82, 2.24) is 5.32 Å². The second-order valence-electron chi connectivity index (χ2n) is 9.48. The summed E-state index contributed by atoms with van der Waals surface area (Å²) in [5.41, 5.74) is 3.80. The van der Waals surface area contributed by atoms with Crippen molar-refractivity contribution in [2.45, 2.75) is 44.9 Å². The van der Waals surface area contributed by atoms with E-state index in [1.54, 1.807) is 0 Å². The molecule has 40 heavy (non-hydrogen) atoms. The van der Waals surface area contributed by atoms with Crippen molar-refractivity contribution in [2.24, 2.45) is 0 Å². The molecule has 208 valence electrons. The first-order valence-electron chi connectivity index (χ1n) is 13.6. The molecule has 4 aromatic carbocycles. The predicted molar refractivity (Wildman–Crippen MR) is 157 cm³/mol. The molecule has 7 heteroatoms. The zero-order valence-corrected chi connectivity index (χ0v) is 23.5. The Kier molecular flexibility index (Phi) is 11.7. The number of amides is 1. The molecule has 4 rings (SSSR count). The average Bonchev–Trinajstić information content (AvgIpc) is 3.01. The lowest BCUT2D eigenvalue weighted by Gasteiger charge is -2.23. The summed E-state index contributed by atoms with van der Waals surface area (Å²) in [4.78, 5) is 12.9. The molecule has 0 aromatic heterocycles. The van der Waals surface area contributed by atoms with Gasteiger partial charge in [0.25, 0.3) is 0 Å². The summed E-state index contributed by atoms with van der Waals surface area (Å²) >= 11 is 0. The minimum absolute atomic E-state index is 0.0662. The third-order valence-electron chi connectivity index (χ3n) is 6.36. The number of benzene rings is 4. The van der Waals surface area contributed by atoms with Crippen molar-refractivity contribution in [2.75, 3.05) is 6.61 Å². The van der Waals surface area contributed by atoms with Gasteiger partial charge < -0.3 is 5.32 Å². The Balaban J connectivity index is 1.38. The van der Waals surface area contributed by atoms with Crippen LogP contribution in [0.1, 0.15) is 47.6 Å². The van der Waals surface area contributed by atoms with Crippen LogP contribution in [-0.2, 0) is 42.6 Å². The molecule has 0 aliphatic heterocycles. The molecular weight excluding hydrogens is 521 g/mol. The first kappa shape index (κ1) is 29.4. The van der Waals surface area contributed by atoms with Crippen LogP contribution in [0.15, 0.2) is 121 Å². The maximum Gasteiger partial charge on any atom is 0.475 e. The second kappa shape index (κ2) is 15.9. The number of unbranched alkanes of at least 4 members (excludes halogenated alkanes) is 1. The molecule has 0 heterocycles. The van der Waals surface area contributed by atoms with Gasteiger partial charge >= 0.3 is 7.82 Å². The van der Waals surface area contributed by atoms with Crippen LogP contribution in [0.5, 0.6) is 0 Å². The summed E-state index contributed by atoms with van der Waals surface area (Å²) in [6.07, 6.45) is 3.00. The highest BCUT2D eigenvalue weighted by molar-refractivity contribution is 7.48. The standard InChI is InChI=1S/C33H36NO5P/c35-33(24-14-13-17-28-15-5-1-6-16-28)34-32(31-22-11-4-12-23-31)27-39-40(36,37-25-29-18-7-2-8-19-29)38-26-30-20-9-3-10-21-30/h1-12,15-16,18-23,32H,13-14,17,24-27H2,(H,34,35)/t32-/m0/s1. The van der Waals surface area contributed by atoms with Crippen LogP contribution >= 0.6 is 7.82 Å². The molecule has 0 bridgehead atoms. The molecule has 1 atom stereocenters. The van der Waals surface area contributed by atoms with Crippen LogP contribution in [0.3, 0.4) is 0 Å². The molecule has 0 spiro atoms. The van der Waals surface area contributed by atoms with Crippen LogP contribution in [0, 0.1) is 0 Å². The van der Waals surface area contributed by atoms with Crippen LogP contribution in [0.2, 0.25) is 0 Å². The number of rotatable bonds is 16. The van der Waals surface area contributed by atoms with Gasteiger partial charge in [0.1, 0.15) is 0 Å². The normalized spacial score (nSPS) is 12.1. The maximum absolute atomic E-state index is 13.7. The molecule has 0 radical (unpaired) electrons. The minimum atomic E-state index is -3.98. The van der Waals surface area contributed by atoms with Gasteiger partial charge in [-0.05, 0) is 41.5 Å². The second-order valence-corrected chi connectivity index (χ2v) is 11.2. The number of phosphoric ester groups is 1. The van der Waals surface area contributed by atoms with Gasteiger partial charge in [0.15, 0.2) is 0 Å². The molecule has 6 nitrogen and oxygen atoms in total. The number of carbonyl (C=O) groups is 1. The Hall–Kier alpha value is -3.54. The lowest BCUT2D eigenvalue weighted by molar-refractivity contribution is -0.122. The van der Waals surface area contributed by atoms with Gasteiger partial charge in [-0.2, -0.15) is 0 Å². The van der Waals surface area contributed by atoms with E-state index in [0.717, 1.165) is 36.0 Å². The van der Waals surface area contributed by atoms with E-state index in [9.17, 15) is 9.36 Å². The van der Waals surface area contributed by atoms with Crippen LogP contribution in [-0.4, -0.2) is 12.5 Å². The maximum atomic E-state index is 13.7. The zero-order valence-electron chi connectivity index (χ0n) is 22.6. The Morgan fingerprint density at radius 2 is 1.10 bits per heavy atom. The summed E-state index contributed by atoms with van der Waals surface area (Å²) < 4.78 is 31.1. The van der Waals surface area contributed by atoms with Crippen molar-refractivity contribution in [1.29, 1.82) is 0 Å². The van der Waals surface area contributed by atoms with Gasteiger partial charge in [-0.25, -0.2) is 4.57 Å². The highest BCUT2D eigenvalue weighted by Gasteiger charge is 2.29. The first-order chi connectivity index (χ1) is 19.6. The predicted octanol–water partition coefficient (Wildman–Crippen LogP) is 7.82. The smallest absolute Gasteiger partial charge is 0.347 e. The fourth-order valence-electron chi connectivity index (χ4n) is 4.17. The highest BCUT2D eigenvalue weighted by Crippen LogP contribution is 2.51. The summed E-state index contributed by atoms with van der Waals surface area (Å²) in [7, 11) is -3.98. The number of aryl methyl sites for hydroxylation is 1. The summed E-state index contributed by atoms with van der Waals surface area (Å²) in [5.74, 6) is -0.0873. The summed E-state index contributed by atoms with van der Waals surface area (Å²) in [6.45, 7) is 0.0635. The molecule has 0 aliphatic rings. The zero-order chi connectivity index (χ0) is 27.9. The van der Waals surface area contributed by atoms with Crippen molar-refractivity contribution < 1.29 is 22.9 Å². The Labute approximate surface area is 236 Å². The van der Waals surface area contributed by atoms with Crippen molar-refractivity contribution >= 4 is 13.7 Å². The van der Waals surface area contributed by atoms with E-state index in [2.05, 4.69) is 17.4 Å². The van der Waals surface area contributed by atoms with Gasteiger partial charge in [-0.3, -0.25) is 18.4 Å². The topological polar surface area (TPSA) is 73.9 Å². The third-order valence-corrected chi connectivity index (χ3v) is 7.72. The van der Waals surface area contributed by atoms with Crippen molar-refractivity contribution in [3.05, 3.63) is 144 Å². The van der Waals surface area contributed by atoms with Crippen molar-refractivity contribution in [3.8, 4) is 0 Å². The monoisotopic (exact) mass is 557 g/mol. The van der Waals surface area contributed by atoms with Crippen LogP contribution in [0.4, 0.5) is 0 Å². The van der Waals surface area contributed by atoms with E-state index < -0.39 is 13.9 Å². The Morgan fingerprint density at radius 1 is 0.625 bits per heavy atom. The molecule has 1 N–H and O–H groups in total. The summed E-state index contributed by atoms with van der Waals surface area (Å²) in [5, 5.41) is 3.06. The SMILES string of the molecule is O=C(CCCCc1ccccc1)N[C@@H](COP(=O)(OCc1ccccc1)OCc1ccccc1)c1ccccc1. The minimum Gasteiger partial charge on any atom is -0.347 e. The number of hydrogen-bond donors (Lipinski definition) is 1. The first-order valence-corrected chi connectivity index (χ1v) is 15.1. The Morgan fingerprint density at radius 3 is 1.62 bits per heavy atom. The molecule has 0 unspecified atom stereocenters. The Bertz CT molecular complexity index is 1270. The third kappa shape index (κ3) is 10.2. The van der Waals surface area contributed by atoms with E-state index in [1.807, 2.05) is 109 Å². The molecule has 0 fully saturated rings. The van der Waals surface area contributed by atoms with Gasteiger partial charge in [0, 0.05) is 6.42 Å². The fourth-order valence-corrected chi connectivity index (χ4v) is 5.34. The highest BCUT2D eigenvalue weighted by atomic mass is 31.2. The van der Waals surface area contributed by atoms with E-state index in [1.165, 1.54) is 5.56 Å². The molecule has 0 aliphatic carbocycles. The van der Waals surface area contributed by atoms with E-state index in [-0.39, 0.29) is 25.7 Å². The van der Waals surface area contributed by atoms with Crippen LogP contribution in [0.25, 0.3) is 0 Å². The number of phosphoric acid groups is 1. The van der Waals surface area contributed by atoms with Gasteiger partial charge in [-0.15, -0.1) is 0 Å². The van der Waals surface area contributed by atoms with Gasteiger partial charge in [0.05, 0.1) is 25.9 Å². The molecule has 0 saturated heterocycles. The van der Waals surface area contributed by atoms with Gasteiger partial charge in [-0.1, -0.05) is 121 Å². The largest absolute Gasteiger partial charge is 0.475 e. The summed E-state index contributed by atoms with van der Waals surface area (Å²) in [6, 6.07) is 38.1. The van der Waals surface area contributed by atoms with E-state index in [4.69, 9.17) is 13.6 Å². The molecular formula is C33H36NO5P. The average molecular weight is 558 g/mol.